The van der Waals surface area contributed by atoms with Crippen LogP contribution in [-0.4, -0.2) is 22.4 Å². The zero-order valence-corrected chi connectivity index (χ0v) is 10.8. The molecule has 0 aliphatic carbocycles. The molecule has 0 aromatic carbocycles. The summed E-state index contributed by atoms with van der Waals surface area (Å²) in [7, 11) is 0. The summed E-state index contributed by atoms with van der Waals surface area (Å²) in [6.07, 6.45) is 5.31. The van der Waals surface area contributed by atoms with E-state index >= 15 is 0 Å². The van der Waals surface area contributed by atoms with Crippen molar-refractivity contribution in [3.63, 3.8) is 0 Å². The van der Waals surface area contributed by atoms with Crippen LogP contribution in [0.15, 0.2) is 36.7 Å². The number of aryl methyl sites for hydroxylation is 2. The third-order valence-electron chi connectivity index (χ3n) is 3.36. The number of carbonyl (C=O) groups excluding carboxylic acids is 1. The minimum atomic E-state index is 0.00134. The monoisotopic (exact) mass is 253 g/mol. The molecule has 4 heteroatoms. The Morgan fingerprint density at radius 3 is 2.95 bits per heavy atom. The summed E-state index contributed by atoms with van der Waals surface area (Å²) in [6.45, 7) is 2.65. The molecular formula is C15H15N3O. The second kappa shape index (κ2) is 4.80. The van der Waals surface area contributed by atoms with Gasteiger partial charge in [-0.15, -0.1) is 0 Å². The topological polar surface area (TPSA) is 46.1 Å². The minimum absolute atomic E-state index is 0.00134. The van der Waals surface area contributed by atoms with Crippen LogP contribution in [0.1, 0.15) is 28.2 Å². The van der Waals surface area contributed by atoms with E-state index in [2.05, 4.69) is 9.97 Å². The highest BCUT2D eigenvalue weighted by molar-refractivity contribution is 6.06. The van der Waals surface area contributed by atoms with E-state index in [-0.39, 0.29) is 5.91 Å². The number of carbonyl (C=O) groups is 1. The zero-order chi connectivity index (χ0) is 13.2. The van der Waals surface area contributed by atoms with E-state index in [1.807, 2.05) is 31.2 Å². The van der Waals surface area contributed by atoms with Crippen LogP contribution in [-0.2, 0) is 6.42 Å². The van der Waals surface area contributed by atoms with Gasteiger partial charge in [-0.05, 0) is 44.0 Å². The highest BCUT2D eigenvalue weighted by atomic mass is 16.2. The molecular weight excluding hydrogens is 238 g/mol. The van der Waals surface area contributed by atoms with Gasteiger partial charge in [0.15, 0.2) is 0 Å². The third kappa shape index (κ3) is 2.21. The third-order valence-corrected chi connectivity index (χ3v) is 3.36. The van der Waals surface area contributed by atoms with Crippen molar-refractivity contribution in [2.75, 3.05) is 11.4 Å². The van der Waals surface area contributed by atoms with Crippen molar-refractivity contribution in [1.29, 1.82) is 0 Å². The smallest absolute Gasteiger partial charge is 0.259 e. The predicted octanol–water partition coefficient (Wildman–Crippen LogP) is 2.38. The lowest BCUT2D eigenvalue weighted by atomic mass is 10.1. The number of nitrogens with zero attached hydrogens (tertiary/aromatic N) is 3. The van der Waals surface area contributed by atoms with Gasteiger partial charge in [0.05, 0.1) is 16.9 Å². The van der Waals surface area contributed by atoms with E-state index < -0.39 is 0 Å². The van der Waals surface area contributed by atoms with Crippen molar-refractivity contribution < 1.29 is 4.79 Å². The molecule has 1 aliphatic rings. The van der Waals surface area contributed by atoms with Crippen molar-refractivity contribution in [3.05, 3.63) is 53.6 Å². The summed E-state index contributed by atoms with van der Waals surface area (Å²) in [5.41, 5.74) is 3.47. The summed E-state index contributed by atoms with van der Waals surface area (Å²) in [5.74, 6) is 0.00134. The lowest BCUT2D eigenvalue weighted by molar-refractivity contribution is 0.0984. The maximum absolute atomic E-state index is 12.5. The van der Waals surface area contributed by atoms with Gasteiger partial charge < -0.3 is 4.90 Å². The lowest BCUT2D eigenvalue weighted by Crippen LogP contribution is -2.35. The molecule has 1 amide bonds. The summed E-state index contributed by atoms with van der Waals surface area (Å²) in [4.78, 5) is 22.9. The van der Waals surface area contributed by atoms with Gasteiger partial charge in [-0.2, -0.15) is 0 Å². The van der Waals surface area contributed by atoms with E-state index in [1.54, 1.807) is 17.3 Å². The Labute approximate surface area is 112 Å². The molecule has 3 rings (SSSR count). The summed E-state index contributed by atoms with van der Waals surface area (Å²) in [6, 6.07) is 7.52. The maximum atomic E-state index is 12.5. The first-order chi connectivity index (χ1) is 9.25. The molecule has 0 bridgehead atoms. The molecule has 0 unspecified atom stereocenters. The highest BCUT2D eigenvalue weighted by Crippen LogP contribution is 2.26. The Morgan fingerprint density at radius 2 is 2.16 bits per heavy atom. The number of amides is 1. The van der Waals surface area contributed by atoms with Crippen LogP contribution in [0.5, 0.6) is 0 Å². The second-order valence-electron chi connectivity index (χ2n) is 4.72. The van der Waals surface area contributed by atoms with E-state index in [0.29, 0.717) is 5.56 Å². The summed E-state index contributed by atoms with van der Waals surface area (Å²) >= 11 is 0. The molecule has 2 aromatic rings. The normalized spacial score (nSPS) is 14.1. The molecule has 2 aromatic heterocycles. The van der Waals surface area contributed by atoms with E-state index in [4.69, 9.17) is 0 Å². The Kier molecular flexibility index (Phi) is 2.99. The van der Waals surface area contributed by atoms with Crippen LogP contribution in [0.2, 0.25) is 0 Å². The predicted molar refractivity (Wildman–Crippen MR) is 73.2 cm³/mol. The van der Waals surface area contributed by atoms with Crippen molar-refractivity contribution in [3.8, 4) is 0 Å². The van der Waals surface area contributed by atoms with Crippen molar-refractivity contribution in [2.45, 2.75) is 19.8 Å². The van der Waals surface area contributed by atoms with Gasteiger partial charge >= 0.3 is 0 Å². The Bertz CT molecular complexity index is 607. The van der Waals surface area contributed by atoms with Crippen LogP contribution in [0.4, 0.5) is 5.69 Å². The van der Waals surface area contributed by atoms with Crippen LogP contribution in [0.25, 0.3) is 0 Å². The standard InChI is InChI=1S/C15H15N3O/c1-11-6-7-12(10-17-11)15(19)18-9-3-4-13-14(18)5-2-8-16-13/h2,5-8,10H,3-4,9H2,1H3. The van der Waals surface area contributed by atoms with Crippen molar-refractivity contribution >= 4 is 11.6 Å². The van der Waals surface area contributed by atoms with Gasteiger partial charge in [-0.25, -0.2) is 0 Å². The summed E-state index contributed by atoms with van der Waals surface area (Å²) in [5, 5.41) is 0. The van der Waals surface area contributed by atoms with Gasteiger partial charge in [-0.3, -0.25) is 14.8 Å². The van der Waals surface area contributed by atoms with Crippen LogP contribution in [0, 0.1) is 6.92 Å². The van der Waals surface area contributed by atoms with Gasteiger partial charge in [0.2, 0.25) is 0 Å². The molecule has 4 nitrogen and oxygen atoms in total. The average Bonchev–Trinajstić information content (AvgIpc) is 2.47. The molecule has 0 N–H and O–H groups in total. The molecule has 0 saturated carbocycles. The first-order valence-corrected chi connectivity index (χ1v) is 6.44. The molecule has 3 heterocycles. The number of aromatic nitrogens is 2. The molecule has 19 heavy (non-hydrogen) atoms. The molecule has 1 aliphatic heterocycles. The maximum Gasteiger partial charge on any atom is 0.259 e. The molecule has 0 atom stereocenters. The van der Waals surface area contributed by atoms with E-state index in [9.17, 15) is 4.79 Å². The SMILES string of the molecule is Cc1ccc(C(=O)N2CCCc3ncccc32)cn1. The van der Waals surface area contributed by atoms with Gasteiger partial charge in [0, 0.05) is 24.6 Å². The van der Waals surface area contributed by atoms with Crippen LogP contribution >= 0.6 is 0 Å². The fraction of sp³-hybridized carbons (Fsp3) is 0.267. The largest absolute Gasteiger partial charge is 0.306 e. The Hall–Kier alpha value is -2.23. The number of pyridine rings is 2. The van der Waals surface area contributed by atoms with E-state index in [0.717, 1.165) is 36.5 Å². The average molecular weight is 253 g/mol. The molecule has 0 spiro atoms. The quantitative estimate of drug-likeness (QED) is 0.784. The first kappa shape index (κ1) is 11.8. The van der Waals surface area contributed by atoms with Crippen molar-refractivity contribution in [1.82, 2.24) is 9.97 Å². The second-order valence-corrected chi connectivity index (χ2v) is 4.72. The summed E-state index contributed by atoms with van der Waals surface area (Å²) < 4.78 is 0. The van der Waals surface area contributed by atoms with Crippen LogP contribution in [0.3, 0.4) is 0 Å². The number of fused-ring (bicyclic) bond motifs is 1. The zero-order valence-electron chi connectivity index (χ0n) is 10.8. The van der Waals surface area contributed by atoms with Crippen LogP contribution < -0.4 is 4.90 Å². The number of hydrogen-bond acceptors (Lipinski definition) is 3. The minimum Gasteiger partial charge on any atom is -0.306 e. The Morgan fingerprint density at radius 1 is 1.26 bits per heavy atom. The number of anilines is 1. The molecule has 96 valence electrons. The Balaban J connectivity index is 1.95. The lowest BCUT2D eigenvalue weighted by Gasteiger charge is -2.28. The van der Waals surface area contributed by atoms with Gasteiger partial charge in [0.25, 0.3) is 5.91 Å². The first-order valence-electron chi connectivity index (χ1n) is 6.44. The number of rotatable bonds is 1. The van der Waals surface area contributed by atoms with Crippen molar-refractivity contribution in [2.24, 2.45) is 0 Å². The highest BCUT2D eigenvalue weighted by Gasteiger charge is 2.24. The van der Waals surface area contributed by atoms with E-state index in [1.165, 1.54) is 0 Å². The molecule has 0 fully saturated rings. The number of hydrogen-bond donors (Lipinski definition) is 0. The molecule has 0 saturated heterocycles. The fourth-order valence-electron chi connectivity index (χ4n) is 2.35. The molecule has 0 radical (unpaired) electrons. The fourth-order valence-corrected chi connectivity index (χ4v) is 2.35. The van der Waals surface area contributed by atoms with Gasteiger partial charge in [-0.1, -0.05) is 0 Å². The van der Waals surface area contributed by atoms with Gasteiger partial charge in [0.1, 0.15) is 0 Å².